The van der Waals surface area contributed by atoms with Crippen molar-refractivity contribution in [2.45, 2.75) is 19.5 Å². The van der Waals surface area contributed by atoms with Gasteiger partial charge in [0.2, 0.25) is 0 Å². The molecule has 0 aromatic heterocycles. The lowest BCUT2D eigenvalue weighted by molar-refractivity contribution is -0.175. The Bertz CT molecular complexity index is 194. The van der Waals surface area contributed by atoms with E-state index in [2.05, 4.69) is 16.6 Å². The van der Waals surface area contributed by atoms with Gasteiger partial charge in [0.1, 0.15) is 6.61 Å². The maximum absolute atomic E-state index is 11.7. The molecule has 0 spiro atoms. The van der Waals surface area contributed by atoms with E-state index in [1.54, 1.807) is 13.1 Å². The van der Waals surface area contributed by atoms with Gasteiger partial charge in [-0.2, -0.15) is 13.2 Å². The summed E-state index contributed by atoms with van der Waals surface area (Å²) in [6, 6.07) is 0. The van der Waals surface area contributed by atoms with Crippen molar-refractivity contribution in [1.82, 2.24) is 5.32 Å². The molecule has 1 atom stereocenters. The summed E-state index contributed by atoms with van der Waals surface area (Å²) in [5.74, 6) is 0. The number of hydrogen-bond acceptors (Lipinski definition) is 2. The zero-order valence-corrected chi connectivity index (χ0v) is 9.16. The smallest absolute Gasteiger partial charge is 0.372 e. The number of ether oxygens (including phenoxy) is 1. The van der Waals surface area contributed by atoms with E-state index in [0.29, 0.717) is 13.0 Å². The highest BCUT2D eigenvalue weighted by atomic mass is 19.4. The fraction of sp³-hybridized carbons (Fsp3) is 0.800. The molecular weight excluding hydrogens is 207 g/mol. The summed E-state index contributed by atoms with van der Waals surface area (Å²) < 4.78 is 39.8. The molecule has 0 bridgehead atoms. The zero-order valence-electron chi connectivity index (χ0n) is 9.16. The van der Waals surface area contributed by atoms with Crippen molar-refractivity contribution in [3.63, 3.8) is 0 Å². The van der Waals surface area contributed by atoms with Crippen LogP contribution in [0.1, 0.15) is 13.3 Å². The lowest BCUT2D eigenvalue weighted by Crippen LogP contribution is -2.29. The summed E-state index contributed by atoms with van der Waals surface area (Å²) >= 11 is 0. The molecule has 5 heteroatoms. The van der Waals surface area contributed by atoms with Gasteiger partial charge in [0.15, 0.2) is 0 Å². The molecule has 0 fully saturated rings. The molecule has 1 unspecified atom stereocenters. The van der Waals surface area contributed by atoms with Crippen molar-refractivity contribution in [1.29, 1.82) is 0 Å². The molecule has 0 aromatic carbocycles. The van der Waals surface area contributed by atoms with Crippen LogP contribution in [0, 0.1) is 5.41 Å². The number of hydrogen-bond donors (Lipinski definition) is 1. The Morgan fingerprint density at radius 2 is 2.00 bits per heavy atom. The predicted octanol–water partition coefficient (Wildman–Crippen LogP) is 2.37. The lowest BCUT2D eigenvalue weighted by Gasteiger charge is -2.25. The van der Waals surface area contributed by atoms with Crippen LogP contribution < -0.4 is 5.32 Å². The zero-order chi connectivity index (χ0) is 11.9. The Morgan fingerprint density at radius 1 is 1.40 bits per heavy atom. The van der Waals surface area contributed by atoms with Crippen molar-refractivity contribution >= 4 is 0 Å². The van der Waals surface area contributed by atoms with E-state index >= 15 is 0 Å². The van der Waals surface area contributed by atoms with Crippen molar-refractivity contribution < 1.29 is 17.9 Å². The molecular formula is C10H18F3NO. The van der Waals surface area contributed by atoms with E-state index < -0.39 is 12.8 Å². The van der Waals surface area contributed by atoms with Crippen LogP contribution in [0.2, 0.25) is 0 Å². The summed E-state index contributed by atoms with van der Waals surface area (Å²) in [7, 11) is 1.79. The molecule has 1 N–H and O–H groups in total. The first-order valence-electron chi connectivity index (χ1n) is 4.76. The average molecular weight is 225 g/mol. The van der Waals surface area contributed by atoms with Crippen LogP contribution in [0.25, 0.3) is 0 Å². The van der Waals surface area contributed by atoms with E-state index in [9.17, 15) is 13.2 Å². The van der Waals surface area contributed by atoms with Gasteiger partial charge < -0.3 is 10.1 Å². The Hall–Kier alpha value is -0.550. The number of halogens is 3. The second-order valence-corrected chi connectivity index (χ2v) is 3.81. The van der Waals surface area contributed by atoms with Crippen LogP contribution in [0.3, 0.4) is 0 Å². The fourth-order valence-corrected chi connectivity index (χ4v) is 1.16. The molecule has 0 heterocycles. The minimum atomic E-state index is -4.24. The Kier molecular flexibility index (Phi) is 5.90. The molecule has 0 radical (unpaired) electrons. The molecule has 15 heavy (non-hydrogen) atoms. The third-order valence-corrected chi connectivity index (χ3v) is 2.16. The van der Waals surface area contributed by atoms with Crippen molar-refractivity contribution in [2.24, 2.45) is 5.41 Å². The van der Waals surface area contributed by atoms with E-state index in [-0.39, 0.29) is 12.0 Å². The van der Waals surface area contributed by atoms with Gasteiger partial charge in [-0.25, -0.2) is 0 Å². The molecule has 90 valence electrons. The average Bonchev–Trinajstić information content (AvgIpc) is 2.12. The molecule has 0 saturated carbocycles. The van der Waals surface area contributed by atoms with Crippen LogP contribution in [0.5, 0.6) is 0 Å². The standard InChI is InChI=1S/C10H18F3NO/c1-4-9(2,7-14-3)5-6-15-8-10(11,12)13/h4,14H,1,5-8H2,2-3H3. The molecule has 0 saturated heterocycles. The summed E-state index contributed by atoms with van der Waals surface area (Å²) in [5, 5.41) is 2.97. The van der Waals surface area contributed by atoms with E-state index in [4.69, 9.17) is 0 Å². The Morgan fingerprint density at radius 3 is 2.40 bits per heavy atom. The molecule has 0 amide bonds. The molecule has 0 rings (SSSR count). The summed E-state index contributed by atoms with van der Waals surface area (Å²) in [4.78, 5) is 0. The number of alkyl halides is 3. The maximum Gasteiger partial charge on any atom is 0.411 e. The lowest BCUT2D eigenvalue weighted by atomic mass is 9.87. The molecule has 0 aromatic rings. The highest BCUT2D eigenvalue weighted by Gasteiger charge is 2.28. The van der Waals surface area contributed by atoms with Crippen LogP contribution in [0.4, 0.5) is 13.2 Å². The predicted molar refractivity (Wildman–Crippen MR) is 53.7 cm³/mol. The van der Waals surface area contributed by atoms with Crippen LogP contribution in [-0.2, 0) is 4.74 Å². The molecule has 0 aliphatic rings. The Balaban J connectivity index is 3.78. The quantitative estimate of drug-likeness (QED) is 0.530. The van der Waals surface area contributed by atoms with Crippen molar-refractivity contribution in [2.75, 3.05) is 26.8 Å². The highest BCUT2D eigenvalue weighted by molar-refractivity contribution is 4.92. The SMILES string of the molecule is C=CC(C)(CCOCC(F)(F)F)CNC. The van der Waals surface area contributed by atoms with E-state index in [1.807, 2.05) is 6.92 Å². The van der Waals surface area contributed by atoms with Gasteiger partial charge in [-0.05, 0) is 18.9 Å². The van der Waals surface area contributed by atoms with Crippen LogP contribution >= 0.6 is 0 Å². The first-order valence-corrected chi connectivity index (χ1v) is 4.76. The fourth-order valence-electron chi connectivity index (χ4n) is 1.16. The van der Waals surface area contributed by atoms with Gasteiger partial charge >= 0.3 is 6.18 Å². The van der Waals surface area contributed by atoms with Crippen LogP contribution in [-0.4, -0.2) is 33.0 Å². The summed E-state index contributed by atoms with van der Waals surface area (Å²) in [5.41, 5.74) is -0.222. The van der Waals surface area contributed by atoms with Crippen molar-refractivity contribution in [3.8, 4) is 0 Å². The topological polar surface area (TPSA) is 21.3 Å². The number of nitrogens with one attached hydrogen (secondary N) is 1. The normalized spacial score (nSPS) is 16.1. The monoisotopic (exact) mass is 225 g/mol. The van der Waals surface area contributed by atoms with Gasteiger partial charge in [0.05, 0.1) is 0 Å². The van der Waals surface area contributed by atoms with Crippen LogP contribution in [0.15, 0.2) is 12.7 Å². The van der Waals surface area contributed by atoms with Crippen molar-refractivity contribution in [3.05, 3.63) is 12.7 Å². The van der Waals surface area contributed by atoms with Gasteiger partial charge in [0, 0.05) is 13.2 Å². The first-order chi connectivity index (χ1) is 6.83. The van der Waals surface area contributed by atoms with Gasteiger partial charge in [0.25, 0.3) is 0 Å². The van der Waals surface area contributed by atoms with E-state index in [1.165, 1.54) is 0 Å². The minimum absolute atomic E-state index is 0.0870. The number of rotatable bonds is 7. The third kappa shape index (κ3) is 7.39. The first kappa shape index (κ1) is 14.5. The summed E-state index contributed by atoms with van der Waals surface area (Å²) in [6.07, 6.45) is -1.98. The minimum Gasteiger partial charge on any atom is -0.372 e. The third-order valence-electron chi connectivity index (χ3n) is 2.16. The van der Waals surface area contributed by atoms with Gasteiger partial charge in [-0.1, -0.05) is 13.0 Å². The molecule has 0 aliphatic carbocycles. The second kappa shape index (κ2) is 6.12. The second-order valence-electron chi connectivity index (χ2n) is 3.81. The molecule has 0 aliphatic heterocycles. The maximum atomic E-state index is 11.7. The van der Waals surface area contributed by atoms with Gasteiger partial charge in [-0.15, -0.1) is 6.58 Å². The van der Waals surface area contributed by atoms with E-state index in [0.717, 1.165) is 0 Å². The van der Waals surface area contributed by atoms with Gasteiger partial charge in [-0.3, -0.25) is 0 Å². The highest BCUT2D eigenvalue weighted by Crippen LogP contribution is 2.22. The molecule has 2 nitrogen and oxygen atoms in total. The Labute approximate surface area is 88.5 Å². The largest absolute Gasteiger partial charge is 0.411 e. The summed E-state index contributed by atoms with van der Waals surface area (Å²) in [6.45, 7) is 5.16.